The molecule has 0 aliphatic carbocycles. The van der Waals surface area contributed by atoms with Gasteiger partial charge in [-0.1, -0.05) is 24.3 Å². The minimum Gasteiger partial charge on any atom is -0.360 e. The molecule has 0 aliphatic rings. The van der Waals surface area contributed by atoms with Gasteiger partial charge >= 0.3 is 0 Å². The van der Waals surface area contributed by atoms with Crippen molar-refractivity contribution >= 4 is 38.1 Å². The van der Waals surface area contributed by atoms with Gasteiger partial charge in [-0.15, -0.1) is 0 Å². The summed E-state index contributed by atoms with van der Waals surface area (Å²) in [5.74, 6) is 1.04. The molecule has 6 rings (SSSR count). The molecule has 0 bridgehead atoms. The van der Waals surface area contributed by atoms with Crippen LogP contribution in [0.4, 0.5) is 11.5 Å². The number of rotatable bonds is 7. The molecule has 0 amide bonds. The molecule has 0 saturated heterocycles. The second kappa shape index (κ2) is 9.89. The number of H-pyrrole nitrogens is 1. The van der Waals surface area contributed by atoms with Gasteiger partial charge in [-0.05, 0) is 67.8 Å². The fraction of sp³-hybridized carbons (Fsp3) is 0.172. The van der Waals surface area contributed by atoms with E-state index < -0.39 is 16.1 Å². The van der Waals surface area contributed by atoms with Gasteiger partial charge in [0.2, 0.25) is 10.0 Å². The number of nitrogens with zero attached hydrogens (tertiary/aromatic N) is 5. The molecule has 208 valence electrons. The number of nitrogens with one attached hydrogen (secondary N) is 3. The molecule has 2 aromatic carbocycles. The Kier molecular flexibility index (Phi) is 6.34. The highest BCUT2D eigenvalue weighted by Crippen LogP contribution is 2.35. The zero-order valence-electron chi connectivity index (χ0n) is 22.9. The van der Waals surface area contributed by atoms with Gasteiger partial charge in [-0.2, -0.15) is 5.10 Å². The Bertz CT molecular complexity index is 2100. The average Bonchev–Trinajstić information content (AvgIpc) is 3.52. The second-order valence-electron chi connectivity index (χ2n) is 10.1. The van der Waals surface area contributed by atoms with E-state index in [0.29, 0.717) is 34.2 Å². The molecule has 0 spiro atoms. The van der Waals surface area contributed by atoms with E-state index in [2.05, 4.69) is 25.0 Å². The van der Waals surface area contributed by atoms with Crippen LogP contribution in [0.3, 0.4) is 0 Å². The van der Waals surface area contributed by atoms with Crippen molar-refractivity contribution in [2.45, 2.75) is 26.8 Å². The molecule has 1 unspecified atom stereocenters. The minimum absolute atomic E-state index is 0.168. The van der Waals surface area contributed by atoms with Gasteiger partial charge in [-0.3, -0.25) is 14.1 Å². The lowest BCUT2D eigenvalue weighted by Crippen LogP contribution is -2.29. The number of hydrogen-bond donors (Lipinski definition) is 3. The standard InChI is InChI=1S/C29H28N8O3S/c1-17-12-20(14-21(13-17)35-41(4,39)40)23-15-30-26-24(23)27(32-16-31-26)33-19(3)28-34-36-11-10-18(2)25(36)29(38)37(28)22-8-6-5-7-9-22/h5-16,19,35H,1-4H3,(H2,30,31,32,33). The number of aromatic nitrogens is 6. The SMILES string of the molecule is Cc1cc(NS(C)(=O)=O)cc(-c2c[nH]c3ncnc(NC(C)c4nn5ccc(C)c5c(=O)n4-c4ccccc4)c23)c1. The summed E-state index contributed by atoms with van der Waals surface area (Å²) in [5, 5.41) is 9.02. The first-order chi connectivity index (χ1) is 19.6. The fourth-order valence-corrected chi connectivity index (χ4v) is 5.67. The van der Waals surface area contributed by atoms with Crippen molar-refractivity contribution in [3.8, 4) is 16.8 Å². The number of fused-ring (bicyclic) bond motifs is 2. The van der Waals surface area contributed by atoms with E-state index in [-0.39, 0.29) is 5.56 Å². The Hall–Kier alpha value is -4.97. The number of sulfonamides is 1. The van der Waals surface area contributed by atoms with Crippen molar-refractivity contribution in [1.29, 1.82) is 0 Å². The smallest absolute Gasteiger partial charge is 0.282 e. The molecule has 41 heavy (non-hydrogen) atoms. The summed E-state index contributed by atoms with van der Waals surface area (Å²) in [6.07, 6.45) is 6.18. The summed E-state index contributed by atoms with van der Waals surface area (Å²) >= 11 is 0. The van der Waals surface area contributed by atoms with Gasteiger partial charge in [-0.25, -0.2) is 22.9 Å². The van der Waals surface area contributed by atoms with E-state index in [1.54, 1.807) is 27.4 Å². The summed E-state index contributed by atoms with van der Waals surface area (Å²) in [6, 6.07) is 16.3. The number of para-hydroxylation sites is 1. The Morgan fingerprint density at radius 2 is 1.80 bits per heavy atom. The maximum absolute atomic E-state index is 13.8. The zero-order valence-corrected chi connectivity index (χ0v) is 23.7. The predicted octanol–water partition coefficient (Wildman–Crippen LogP) is 4.58. The van der Waals surface area contributed by atoms with Crippen LogP contribution in [0.5, 0.6) is 0 Å². The van der Waals surface area contributed by atoms with Crippen LogP contribution in [0.25, 0.3) is 33.4 Å². The maximum Gasteiger partial charge on any atom is 0.282 e. The molecular weight excluding hydrogens is 540 g/mol. The van der Waals surface area contributed by atoms with Crippen molar-refractivity contribution < 1.29 is 8.42 Å². The lowest BCUT2D eigenvalue weighted by Gasteiger charge is -2.20. The normalized spacial score (nSPS) is 12.6. The third-order valence-corrected chi connectivity index (χ3v) is 7.44. The molecule has 0 fully saturated rings. The third-order valence-electron chi connectivity index (χ3n) is 6.83. The molecule has 4 aromatic heterocycles. The quantitative estimate of drug-likeness (QED) is 0.256. The number of aromatic amines is 1. The molecule has 4 heterocycles. The summed E-state index contributed by atoms with van der Waals surface area (Å²) in [4.78, 5) is 25.9. The van der Waals surface area contributed by atoms with Gasteiger partial charge < -0.3 is 10.3 Å². The Balaban J connectivity index is 1.47. The van der Waals surface area contributed by atoms with E-state index in [1.165, 1.54) is 6.33 Å². The van der Waals surface area contributed by atoms with E-state index in [0.717, 1.165) is 33.9 Å². The summed E-state index contributed by atoms with van der Waals surface area (Å²) in [7, 11) is -3.45. The Labute approximate surface area is 236 Å². The van der Waals surface area contributed by atoms with E-state index in [4.69, 9.17) is 5.10 Å². The van der Waals surface area contributed by atoms with Crippen LogP contribution in [-0.2, 0) is 10.0 Å². The van der Waals surface area contributed by atoms with Crippen LogP contribution in [0.1, 0.15) is 29.9 Å². The van der Waals surface area contributed by atoms with E-state index in [9.17, 15) is 13.2 Å². The number of benzene rings is 2. The van der Waals surface area contributed by atoms with Crippen molar-refractivity contribution in [3.05, 3.63) is 101 Å². The molecular formula is C29H28N8O3S. The van der Waals surface area contributed by atoms with Crippen LogP contribution < -0.4 is 15.6 Å². The maximum atomic E-state index is 13.8. The highest BCUT2D eigenvalue weighted by atomic mass is 32.2. The van der Waals surface area contributed by atoms with Crippen molar-refractivity contribution in [1.82, 2.24) is 29.1 Å². The molecule has 6 aromatic rings. The molecule has 3 N–H and O–H groups in total. The molecule has 0 aliphatic heterocycles. The molecule has 12 heteroatoms. The van der Waals surface area contributed by atoms with Gasteiger partial charge in [0, 0.05) is 23.6 Å². The lowest BCUT2D eigenvalue weighted by molar-refractivity contribution is 0.607. The highest BCUT2D eigenvalue weighted by Gasteiger charge is 2.22. The number of hydrogen-bond acceptors (Lipinski definition) is 7. The highest BCUT2D eigenvalue weighted by molar-refractivity contribution is 7.92. The van der Waals surface area contributed by atoms with E-state index in [1.807, 2.05) is 69.4 Å². The van der Waals surface area contributed by atoms with Gasteiger partial charge in [0.05, 0.1) is 23.4 Å². The van der Waals surface area contributed by atoms with Crippen molar-refractivity contribution in [2.75, 3.05) is 16.3 Å². The number of anilines is 2. The molecule has 0 saturated carbocycles. The van der Waals surface area contributed by atoms with Crippen LogP contribution >= 0.6 is 0 Å². The first kappa shape index (κ1) is 26.3. The Morgan fingerprint density at radius 3 is 2.56 bits per heavy atom. The van der Waals surface area contributed by atoms with Crippen LogP contribution in [0.2, 0.25) is 0 Å². The second-order valence-corrected chi connectivity index (χ2v) is 11.9. The monoisotopic (exact) mass is 568 g/mol. The summed E-state index contributed by atoms with van der Waals surface area (Å²) in [6.45, 7) is 5.71. The lowest BCUT2D eigenvalue weighted by atomic mass is 10.0. The summed E-state index contributed by atoms with van der Waals surface area (Å²) in [5.41, 5.74) is 5.43. The topological polar surface area (TPSA) is 139 Å². The zero-order chi connectivity index (χ0) is 28.9. The summed E-state index contributed by atoms with van der Waals surface area (Å²) < 4.78 is 29.6. The Morgan fingerprint density at radius 1 is 1.02 bits per heavy atom. The third kappa shape index (κ3) is 4.93. The van der Waals surface area contributed by atoms with Crippen molar-refractivity contribution in [2.24, 2.45) is 0 Å². The number of aryl methyl sites for hydroxylation is 2. The first-order valence-corrected chi connectivity index (χ1v) is 14.8. The first-order valence-electron chi connectivity index (χ1n) is 12.9. The molecule has 11 nitrogen and oxygen atoms in total. The van der Waals surface area contributed by atoms with Gasteiger partial charge in [0.1, 0.15) is 23.3 Å². The van der Waals surface area contributed by atoms with Crippen LogP contribution in [0.15, 0.2) is 78.1 Å². The van der Waals surface area contributed by atoms with Crippen LogP contribution in [-0.4, -0.2) is 43.8 Å². The van der Waals surface area contributed by atoms with E-state index >= 15 is 0 Å². The molecule has 0 radical (unpaired) electrons. The van der Waals surface area contributed by atoms with Gasteiger partial charge in [0.25, 0.3) is 5.56 Å². The molecule has 1 atom stereocenters. The minimum atomic E-state index is -3.45. The van der Waals surface area contributed by atoms with Crippen LogP contribution in [0, 0.1) is 13.8 Å². The largest absolute Gasteiger partial charge is 0.360 e. The van der Waals surface area contributed by atoms with Crippen molar-refractivity contribution in [3.63, 3.8) is 0 Å². The fourth-order valence-electron chi connectivity index (χ4n) is 5.12. The average molecular weight is 569 g/mol. The van der Waals surface area contributed by atoms with Gasteiger partial charge in [0.15, 0.2) is 5.82 Å². The predicted molar refractivity (Wildman–Crippen MR) is 160 cm³/mol.